The Labute approximate surface area is 103 Å². The normalized spacial score (nSPS) is 13.7. The third-order valence-corrected chi connectivity index (χ3v) is 2.31. The topological polar surface area (TPSA) is 110 Å². The Morgan fingerprint density at radius 1 is 1.44 bits per heavy atom. The molecule has 0 aliphatic carbocycles. The van der Waals surface area contributed by atoms with E-state index >= 15 is 0 Å². The van der Waals surface area contributed by atoms with Gasteiger partial charge in [0.05, 0.1) is 11.0 Å². The number of nitro benzene ring substituents is 1. The minimum absolute atomic E-state index is 0.116. The first kappa shape index (κ1) is 13.9. The number of aliphatic hydroxyl groups is 1. The van der Waals surface area contributed by atoms with Gasteiger partial charge in [-0.05, 0) is 19.9 Å². The number of carbonyl (C=O) groups is 1. The van der Waals surface area contributed by atoms with Crippen LogP contribution in [0.15, 0.2) is 18.2 Å². The average Bonchev–Trinajstić information content (AvgIpc) is 2.28. The molecule has 1 aromatic rings. The fraction of sp³-hybridized carbons (Fsp3) is 0.364. The number of nitro groups is 1. The predicted octanol–water partition coefficient (Wildman–Crippen LogP) is 1.50. The van der Waals surface area contributed by atoms with Crippen molar-refractivity contribution in [3.8, 4) is 5.75 Å². The molecule has 0 aromatic heterocycles. The molecule has 0 amide bonds. The number of ether oxygens (including phenoxy) is 1. The Kier molecular flexibility index (Phi) is 4.22. The number of nitrogens with zero attached hydrogens (tertiary/aromatic N) is 1. The van der Waals surface area contributed by atoms with Crippen LogP contribution in [0.4, 0.5) is 5.69 Å². The summed E-state index contributed by atoms with van der Waals surface area (Å²) in [7, 11) is 0. The van der Waals surface area contributed by atoms with Gasteiger partial charge in [-0.1, -0.05) is 0 Å². The van der Waals surface area contributed by atoms with E-state index in [0.717, 1.165) is 6.07 Å². The van der Waals surface area contributed by atoms with Gasteiger partial charge in [-0.15, -0.1) is 0 Å². The van der Waals surface area contributed by atoms with Crippen LogP contribution in [0, 0.1) is 10.1 Å². The molecule has 0 spiro atoms. The molecule has 0 aliphatic heterocycles. The van der Waals surface area contributed by atoms with E-state index < -0.39 is 23.1 Å². The van der Waals surface area contributed by atoms with E-state index in [1.165, 1.54) is 26.0 Å². The van der Waals surface area contributed by atoms with Crippen molar-refractivity contribution in [3.05, 3.63) is 33.9 Å². The Morgan fingerprint density at radius 2 is 2.06 bits per heavy atom. The van der Waals surface area contributed by atoms with Crippen molar-refractivity contribution in [1.29, 1.82) is 0 Å². The van der Waals surface area contributed by atoms with E-state index in [2.05, 4.69) is 0 Å². The number of hydrogen-bond donors (Lipinski definition) is 2. The van der Waals surface area contributed by atoms with Crippen molar-refractivity contribution in [2.45, 2.75) is 26.1 Å². The lowest BCUT2D eigenvalue weighted by atomic mass is 10.1. The van der Waals surface area contributed by atoms with Gasteiger partial charge < -0.3 is 14.9 Å². The number of aliphatic hydroxyl groups excluding tert-OH is 1. The van der Waals surface area contributed by atoms with Crippen LogP contribution in [-0.4, -0.2) is 27.2 Å². The fourth-order valence-electron chi connectivity index (χ4n) is 1.32. The van der Waals surface area contributed by atoms with Crippen LogP contribution >= 0.6 is 0 Å². The summed E-state index contributed by atoms with van der Waals surface area (Å²) in [5, 5.41) is 28.8. The fourth-order valence-corrected chi connectivity index (χ4v) is 1.32. The first-order chi connectivity index (χ1) is 8.32. The molecular formula is C11H13NO6. The molecule has 2 atom stereocenters. The summed E-state index contributed by atoms with van der Waals surface area (Å²) in [6.45, 7) is 2.74. The summed E-state index contributed by atoms with van der Waals surface area (Å²) < 4.78 is 5.12. The zero-order chi connectivity index (χ0) is 13.9. The Balaban J connectivity index is 3.11. The number of carboxylic acids is 1. The van der Waals surface area contributed by atoms with Gasteiger partial charge in [-0.2, -0.15) is 0 Å². The molecule has 0 saturated carbocycles. The largest absolute Gasteiger partial charge is 0.479 e. The summed E-state index contributed by atoms with van der Waals surface area (Å²) in [6, 6.07) is 3.63. The van der Waals surface area contributed by atoms with Gasteiger partial charge in [0.2, 0.25) is 0 Å². The van der Waals surface area contributed by atoms with Crippen molar-refractivity contribution in [3.63, 3.8) is 0 Å². The van der Waals surface area contributed by atoms with Gasteiger partial charge in [0.25, 0.3) is 5.69 Å². The van der Waals surface area contributed by atoms with Gasteiger partial charge in [-0.3, -0.25) is 10.1 Å². The first-order valence-electron chi connectivity index (χ1n) is 5.18. The lowest BCUT2D eigenvalue weighted by Crippen LogP contribution is -2.23. The van der Waals surface area contributed by atoms with E-state index in [-0.39, 0.29) is 17.0 Å². The molecule has 0 heterocycles. The quantitative estimate of drug-likeness (QED) is 0.609. The minimum atomic E-state index is -1.16. The van der Waals surface area contributed by atoms with Crippen LogP contribution < -0.4 is 4.74 Å². The van der Waals surface area contributed by atoms with Gasteiger partial charge in [0.15, 0.2) is 6.10 Å². The van der Waals surface area contributed by atoms with Crippen LogP contribution in [0.2, 0.25) is 0 Å². The smallest absolute Gasteiger partial charge is 0.344 e. The maximum Gasteiger partial charge on any atom is 0.344 e. The maximum atomic E-state index is 10.7. The van der Waals surface area contributed by atoms with Crippen LogP contribution in [0.3, 0.4) is 0 Å². The number of carboxylic acid groups (broad SMARTS) is 1. The van der Waals surface area contributed by atoms with Crippen LogP contribution in [0.1, 0.15) is 25.5 Å². The Morgan fingerprint density at radius 3 is 2.50 bits per heavy atom. The highest BCUT2D eigenvalue weighted by atomic mass is 16.6. The predicted molar refractivity (Wildman–Crippen MR) is 61.5 cm³/mol. The second kappa shape index (κ2) is 5.46. The summed E-state index contributed by atoms with van der Waals surface area (Å²) in [6.07, 6.45) is -2.11. The second-order valence-corrected chi connectivity index (χ2v) is 3.75. The third-order valence-electron chi connectivity index (χ3n) is 2.31. The number of benzene rings is 1. The average molecular weight is 255 g/mol. The van der Waals surface area contributed by atoms with Gasteiger partial charge in [-0.25, -0.2) is 4.79 Å². The van der Waals surface area contributed by atoms with Crippen molar-refractivity contribution in [1.82, 2.24) is 0 Å². The number of hydrogen-bond acceptors (Lipinski definition) is 5. The Hall–Kier alpha value is -2.15. The standard InChI is InChI=1S/C11H13NO6/c1-6(13)9-5-8(12(16)17)3-4-10(9)18-7(2)11(14)15/h3-7,13H,1-2H3,(H,14,15). The lowest BCUT2D eigenvalue weighted by molar-refractivity contribution is -0.385. The highest BCUT2D eigenvalue weighted by Crippen LogP contribution is 2.29. The van der Waals surface area contributed by atoms with E-state index in [9.17, 15) is 20.0 Å². The number of aliphatic carboxylic acids is 1. The van der Waals surface area contributed by atoms with Crippen molar-refractivity contribution in [2.24, 2.45) is 0 Å². The molecule has 2 unspecified atom stereocenters. The monoisotopic (exact) mass is 255 g/mol. The molecular weight excluding hydrogens is 242 g/mol. The van der Waals surface area contributed by atoms with E-state index in [0.29, 0.717) is 0 Å². The molecule has 0 aliphatic rings. The number of non-ortho nitro benzene ring substituents is 1. The molecule has 0 radical (unpaired) electrons. The molecule has 0 fully saturated rings. The van der Waals surface area contributed by atoms with Crippen LogP contribution in [-0.2, 0) is 4.79 Å². The SMILES string of the molecule is CC(Oc1ccc([N+](=O)[O-])cc1C(C)O)C(=O)O. The van der Waals surface area contributed by atoms with Crippen molar-refractivity contribution >= 4 is 11.7 Å². The lowest BCUT2D eigenvalue weighted by Gasteiger charge is -2.15. The summed E-state index contributed by atoms with van der Waals surface area (Å²) in [5.74, 6) is -1.05. The molecule has 7 heteroatoms. The highest BCUT2D eigenvalue weighted by Gasteiger charge is 2.19. The molecule has 7 nitrogen and oxygen atoms in total. The molecule has 2 N–H and O–H groups in total. The highest BCUT2D eigenvalue weighted by molar-refractivity contribution is 5.72. The van der Waals surface area contributed by atoms with E-state index in [1.54, 1.807) is 0 Å². The van der Waals surface area contributed by atoms with Gasteiger partial charge in [0.1, 0.15) is 5.75 Å². The van der Waals surface area contributed by atoms with E-state index in [4.69, 9.17) is 9.84 Å². The molecule has 18 heavy (non-hydrogen) atoms. The van der Waals surface area contributed by atoms with Gasteiger partial charge >= 0.3 is 5.97 Å². The van der Waals surface area contributed by atoms with Gasteiger partial charge in [0, 0.05) is 17.7 Å². The van der Waals surface area contributed by atoms with Crippen LogP contribution in [0.25, 0.3) is 0 Å². The summed E-state index contributed by atoms with van der Waals surface area (Å²) in [4.78, 5) is 20.7. The Bertz CT molecular complexity index is 471. The molecule has 1 rings (SSSR count). The molecule has 1 aromatic carbocycles. The third kappa shape index (κ3) is 3.17. The molecule has 0 saturated heterocycles. The summed E-state index contributed by atoms with van der Waals surface area (Å²) >= 11 is 0. The maximum absolute atomic E-state index is 10.7. The van der Waals surface area contributed by atoms with Crippen molar-refractivity contribution < 1.29 is 24.7 Å². The second-order valence-electron chi connectivity index (χ2n) is 3.75. The van der Waals surface area contributed by atoms with Crippen LogP contribution in [0.5, 0.6) is 5.75 Å². The van der Waals surface area contributed by atoms with Crippen molar-refractivity contribution in [2.75, 3.05) is 0 Å². The zero-order valence-corrected chi connectivity index (χ0v) is 9.86. The molecule has 98 valence electrons. The van der Waals surface area contributed by atoms with E-state index in [1.807, 2.05) is 0 Å². The minimum Gasteiger partial charge on any atom is -0.479 e. The first-order valence-corrected chi connectivity index (χ1v) is 5.18. The number of rotatable bonds is 5. The molecule has 0 bridgehead atoms. The zero-order valence-electron chi connectivity index (χ0n) is 9.86. The summed E-state index contributed by atoms with van der Waals surface area (Å²) in [5.41, 5.74) is -0.0153.